The zero-order chi connectivity index (χ0) is 11.7. The number of rotatable bonds is 8. The second-order valence-corrected chi connectivity index (χ2v) is 3.66. The number of aliphatic hydroxyl groups excluding tert-OH is 1. The lowest BCUT2D eigenvalue weighted by Crippen LogP contribution is -2.38. The fourth-order valence-electron chi connectivity index (χ4n) is 1.31. The number of carbonyl (C=O) groups excluding carboxylic acids is 1. The van der Waals surface area contributed by atoms with Gasteiger partial charge in [0.2, 0.25) is 0 Å². The Hall–Kier alpha value is -0.610. The van der Waals surface area contributed by atoms with Crippen molar-refractivity contribution in [1.82, 2.24) is 5.32 Å². The highest BCUT2D eigenvalue weighted by Gasteiger charge is 2.15. The molecule has 4 heteroatoms. The van der Waals surface area contributed by atoms with Gasteiger partial charge >= 0.3 is 5.97 Å². The van der Waals surface area contributed by atoms with Crippen LogP contribution in [0.2, 0.25) is 0 Å². The van der Waals surface area contributed by atoms with Crippen molar-refractivity contribution in [3.05, 3.63) is 0 Å². The van der Waals surface area contributed by atoms with E-state index >= 15 is 0 Å². The predicted octanol–water partition coefficient (Wildman–Crippen LogP) is 1.08. The first-order chi connectivity index (χ1) is 7.11. The lowest BCUT2D eigenvalue weighted by Gasteiger charge is -2.15. The topological polar surface area (TPSA) is 58.6 Å². The molecule has 0 fully saturated rings. The summed E-state index contributed by atoms with van der Waals surface area (Å²) < 4.78 is 4.92. The zero-order valence-corrected chi connectivity index (χ0v) is 9.95. The van der Waals surface area contributed by atoms with Crippen LogP contribution < -0.4 is 5.32 Å². The first-order valence-electron chi connectivity index (χ1n) is 5.69. The second-order valence-electron chi connectivity index (χ2n) is 3.66. The number of hydrogen-bond acceptors (Lipinski definition) is 4. The van der Waals surface area contributed by atoms with Crippen LogP contribution >= 0.6 is 0 Å². The third kappa shape index (κ3) is 7.33. The molecular weight excluding hydrogens is 194 g/mol. The van der Waals surface area contributed by atoms with E-state index in [-0.39, 0.29) is 18.1 Å². The molecule has 0 aromatic heterocycles. The third-order valence-electron chi connectivity index (χ3n) is 2.17. The van der Waals surface area contributed by atoms with Crippen molar-refractivity contribution in [2.75, 3.05) is 13.2 Å². The molecule has 0 bridgehead atoms. The van der Waals surface area contributed by atoms with Crippen molar-refractivity contribution in [2.24, 2.45) is 0 Å². The molecule has 2 unspecified atom stereocenters. The van der Waals surface area contributed by atoms with Gasteiger partial charge in [-0.3, -0.25) is 4.79 Å². The minimum Gasteiger partial charge on any atom is -0.465 e. The van der Waals surface area contributed by atoms with Crippen molar-refractivity contribution in [2.45, 2.75) is 52.2 Å². The van der Waals surface area contributed by atoms with E-state index in [0.29, 0.717) is 6.61 Å². The highest BCUT2D eigenvalue weighted by Crippen LogP contribution is 1.98. The molecule has 2 atom stereocenters. The van der Waals surface area contributed by atoms with Crippen LogP contribution in [0.5, 0.6) is 0 Å². The molecule has 0 heterocycles. The lowest BCUT2D eigenvalue weighted by molar-refractivity contribution is -0.145. The van der Waals surface area contributed by atoms with Crippen molar-refractivity contribution < 1.29 is 14.6 Å². The summed E-state index contributed by atoms with van der Waals surface area (Å²) in [5.41, 5.74) is 0. The van der Waals surface area contributed by atoms with Crippen LogP contribution in [0.3, 0.4) is 0 Å². The Labute approximate surface area is 92.0 Å². The van der Waals surface area contributed by atoms with Crippen LogP contribution in [0.15, 0.2) is 0 Å². The van der Waals surface area contributed by atoms with Crippen LogP contribution in [-0.4, -0.2) is 36.4 Å². The third-order valence-corrected chi connectivity index (χ3v) is 2.17. The maximum absolute atomic E-state index is 11.4. The molecule has 0 aliphatic carbocycles. The fourth-order valence-corrected chi connectivity index (χ4v) is 1.31. The molecule has 15 heavy (non-hydrogen) atoms. The first-order valence-corrected chi connectivity index (χ1v) is 5.69. The summed E-state index contributed by atoms with van der Waals surface area (Å²) in [5.74, 6) is -0.183. The van der Waals surface area contributed by atoms with Gasteiger partial charge in [-0.25, -0.2) is 0 Å². The summed E-state index contributed by atoms with van der Waals surface area (Å²) in [7, 11) is 0. The Morgan fingerprint density at radius 2 is 2.13 bits per heavy atom. The van der Waals surface area contributed by atoms with Crippen molar-refractivity contribution in [3.8, 4) is 0 Å². The molecule has 4 nitrogen and oxygen atoms in total. The maximum atomic E-state index is 11.4. The highest BCUT2D eigenvalue weighted by molar-refractivity contribution is 5.75. The number of ether oxygens (including phenoxy) is 1. The van der Waals surface area contributed by atoms with Crippen molar-refractivity contribution >= 4 is 5.97 Å². The number of carbonyl (C=O) groups is 1. The molecule has 0 aliphatic heterocycles. The Balaban J connectivity index is 3.65. The first kappa shape index (κ1) is 14.4. The summed E-state index contributed by atoms with van der Waals surface area (Å²) in [4.78, 5) is 11.4. The van der Waals surface area contributed by atoms with E-state index in [9.17, 15) is 4.79 Å². The lowest BCUT2D eigenvalue weighted by atomic mass is 10.2. The van der Waals surface area contributed by atoms with Gasteiger partial charge in [0.1, 0.15) is 6.04 Å². The van der Waals surface area contributed by atoms with Crippen molar-refractivity contribution in [1.29, 1.82) is 0 Å². The number of hydrogen-bond donors (Lipinski definition) is 2. The Kier molecular flexibility index (Phi) is 8.33. The monoisotopic (exact) mass is 217 g/mol. The Morgan fingerprint density at radius 1 is 1.47 bits per heavy atom. The molecule has 0 aromatic rings. The second kappa shape index (κ2) is 8.68. The van der Waals surface area contributed by atoms with Crippen LogP contribution in [0.4, 0.5) is 0 Å². The van der Waals surface area contributed by atoms with Crippen LogP contribution in [-0.2, 0) is 9.53 Å². The number of nitrogens with one attached hydrogen (secondary N) is 1. The van der Waals surface area contributed by atoms with E-state index in [0.717, 1.165) is 25.8 Å². The van der Waals surface area contributed by atoms with Gasteiger partial charge in [0, 0.05) is 0 Å². The molecule has 0 aromatic carbocycles. The minimum atomic E-state index is -0.269. The maximum Gasteiger partial charge on any atom is 0.323 e. The predicted molar refractivity (Wildman–Crippen MR) is 59.6 cm³/mol. The SMILES string of the molecule is CCOC(=O)C(CC)NCCCC(C)O. The van der Waals surface area contributed by atoms with Gasteiger partial charge < -0.3 is 15.2 Å². The molecule has 2 N–H and O–H groups in total. The Morgan fingerprint density at radius 3 is 2.60 bits per heavy atom. The summed E-state index contributed by atoms with van der Waals surface area (Å²) in [6.45, 7) is 6.68. The van der Waals surface area contributed by atoms with Crippen molar-refractivity contribution in [3.63, 3.8) is 0 Å². The zero-order valence-electron chi connectivity index (χ0n) is 9.95. The Bertz CT molecular complexity index is 171. The molecule has 0 saturated carbocycles. The van der Waals surface area contributed by atoms with Crippen LogP contribution in [0, 0.1) is 0 Å². The number of esters is 1. The molecule has 0 radical (unpaired) electrons. The molecule has 0 rings (SSSR count). The summed E-state index contributed by atoms with van der Waals surface area (Å²) in [6, 6.07) is -0.209. The van der Waals surface area contributed by atoms with Gasteiger partial charge in [-0.15, -0.1) is 0 Å². The van der Waals surface area contributed by atoms with Gasteiger partial charge in [-0.05, 0) is 39.7 Å². The van der Waals surface area contributed by atoms with Gasteiger partial charge in [-0.2, -0.15) is 0 Å². The minimum absolute atomic E-state index is 0.183. The van der Waals surface area contributed by atoms with Crippen LogP contribution in [0.25, 0.3) is 0 Å². The van der Waals surface area contributed by atoms with E-state index in [1.807, 2.05) is 6.92 Å². The van der Waals surface area contributed by atoms with E-state index in [2.05, 4.69) is 5.32 Å². The van der Waals surface area contributed by atoms with Gasteiger partial charge in [0.15, 0.2) is 0 Å². The van der Waals surface area contributed by atoms with Crippen LogP contribution in [0.1, 0.15) is 40.0 Å². The molecular formula is C11H23NO3. The summed E-state index contributed by atoms with van der Waals surface area (Å²) in [5, 5.41) is 12.2. The summed E-state index contributed by atoms with van der Waals surface area (Å²) in [6.07, 6.45) is 2.09. The number of aliphatic hydroxyl groups is 1. The fraction of sp³-hybridized carbons (Fsp3) is 0.909. The van der Waals surface area contributed by atoms with Gasteiger partial charge in [0.05, 0.1) is 12.7 Å². The standard InChI is InChI=1S/C11H23NO3/c1-4-10(11(14)15-5-2)12-8-6-7-9(3)13/h9-10,12-13H,4-8H2,1-3H3. The highest BCUT2D eigenvalue weighted by atomic mass is 16.5. The quantitative estimate of drug-likeness (QED) is 0.472. The molecule has 0 spiro atoms. The van der Waals surface area contributed by atoms with E-state index in [4.69, 9.17) is 9.84 Å². The van der Waals surface area contributed by atoms with Gasteiger partial charge in [-0.1, -0.05) is 6.92 Å². The molecule has 0 saturated heterocycles. The molecule has 0 amide bonds. The average Bonchev–Trinajstić information content (AvgIpc) is 2.17. The summed E-state index contributed by atoms with van der Waals surface area (Å²) >= 11 is 0. The van der Waals surface area contributed by atoms with E-state index < -0.39 is 0 Å². The van der Waals surface area contributed by atoms with E-state index in [1.54, 1.807) is 13.8 Å². The average molecular weight is 217 g/mol. The normalized spacial score (nSPS) is 14.7. The molecule has 90 valence electrons. The largest absolute Gasteiger partial charge is 0.465 e. The molecule has 0 aliphatic rings. The van der Waals surface area contributed by atoms with Gasteiger partial charge in [0.25, 0.3) is 0 Å². The smallest absolute Gasteiger partial charge is 0.323 e. The van der Waals surface area contributed by atoms with E-state index in [1.165, 1.54) is 0 Å².